The fourth-order valence-corrected chi connectivity index (χ4v) is 8.95. The highest BCUT2D eigenvalue weighted by Gasteiger charge is 2.28. The van der Waals surface area contributed by atoms with Crippen molar-refractivity contribution in [1.29, 1.82) is 0 Å². The highest BCUT2D eigenvalue weighted by molar-refractivity contribution is 4.80. The molecule has 2 atom stereocenters. The van der Waals surface area contributed by atoms with Crippen LogP contribution in [0.3, 0.4) is 0 Å². The molecule has 2 unspecified atom stereocenters. The molecule has 2 N–H and O–H groups in total. The van der Waals surface area contributed by atoms with Crippen LogP contribution in [0.2, 0.25) is 0 Å². The summed E-state index contributed by atoms with van der Waals surface area (Å²) in [5.41, 5.74) is 0. The average molecular weight is 653 g/mol. The molecule has 0 bridgehead atoms. The van der Waals surface area contributed by atoms with Gasteiger partial charge in [0.1, 0.15) is 0 Å². The fraction of sp³-hybridized carbons (Fsp3) is 1.00. The first-order chi connectivity index (χ1) is 22.4. The number of hydrogen-bond acceptors (Lipinski definition) is 7. The molecule has 0 spiro atoms. The summed E-state index contributed by atoms with van der Waals surface area (Å²) < 4.78 is 29.4. The quantitative estimate of drug-likeness (QED) is 0.0955. The molecule has 0 aromatic heterocycles. The highest BCUT2D eigenvalue weighted by atomic mass is 16.7. The van der Waals surface area contributed by atoms with E-state index in [0.29, 0.717) is 51.8 Å². The summed E-state index contributed by atoms with van der Waals surface area (Å²) in [5.74, 6) is 4.39. The van der Waals surface area contributed by atoms with E-state index in [0.717, 1.165) is 74.5 Å². The third-order valence-electron chi connectivity index (χ3n) is 11.9. The molecule has 7 heteroatoms. The number of ether oxygens (including phenoxy) is 5. The van der Waals surface area contributed by atoms with E-state index in [-0.39, 0.29) is 18.5 Å². The first kappa shape index (κ1) is 38.5. The number of hydrogen-bond donors (Lipinski definition) is 2. The first-order valence-corrected chi connectivity index (χ1v) is 19.8. The van der Waals surface area contributed by atoms with Crippen molar-refractivity contribution in [3.05, 3.63) is 0 Å². The van der Waals surface area contributed by atoms with E-state index in [1.54, 1.807) is 0 Å². The largest absolute Gasteiger partial charge is 0.393 e. The van der Waals surface area contributed by atoms with Gasteiger partial charge >= 0.3 is 0 Å². The van der Waals surface area contributed by atoms with Crippen LogP contribution in [0.15, 0.2) is 0 Å². The summed E-state index contributed by atoms with van der Waals surface area (Å²) in [6.07, 6.45) is 26.3. The second kappa shape index (κ2) is 22.4. The molecule has 0 saturated heterocycles. The Bertz CT molecular complexity index is 735. The number of aliphatic hydroxyl groups excluding tert-OH is 2. The van der Waals surface area contributed by atoms with Crippen LogP contribution in [0, 0.1) is 29.6 Å². The van der Waals surface area contributed by atoms with Gasteiger partial charge in [-0.1, -0.05) is 38.5 Å². The van der Waals surface area contributed by atoms with Crippen molar-refractivity contribution in [2.24, 2.45) is 29.6 Å². The van der Waals surface area contributed by atoms with E-state index in [2.05, 4.69) is 6.92 Å². The van der Waals surface area contributed by atoms with Crippen molar-refractivity contribution in [2.75, 3.05) is 39.6 Å². The Balaban J connectivity index is 0.871. The van der Waals surface area contributed by atoms with Gasteiger partial charge in [0, 0.05) is 0 Å². The normalized spacial score (nSPS) is 33.9. The van der Waals surface area contributed by atoms with Crippen LogP contribution >= 0.6 is 0 Å². The molecule has 7 nitrogen and oxygen atoms in total. The standard InChI is InChI=1S/C39H72O7/c1-30(4-3-5-32-6-8-33(9-7-32)28-34-10-16-37(40)17-11-34)44-26-24-42-22-23-43-25-27-45-31(2)46-39-20-14-36(15-21-39)29-35-12-18-38(41)19-13-35/h30-41H,3-29H2,1-2H3. The zero-order chi connectivity index (χ0) is 32.4. The maximum Gasteiger partial charge on any atom is 0.155 e. The SMILES string of the molecule is CC(CCCC1CCC(CC2CCC(O)CC2)CC1)OCCOCCOCCOC(C)OC1CCC(CC2CCC(O)CC2)CC1. The molecule has 0 aromatic rings. The maximum absolute atomic E-state index is 9.75. The molecular formula is C39H72O7. The molecule has 0 heterocycles. The van der Waals surface area contributed by atoms with Crippen molar-refractivity contribution >= 4 is 0 Å². The van der Waals surface area contributed by atoms with Gasteiger partial charge in [0.2, 0.25) is 0 Å². The van der Waals surface area contributed by atoms with Crippen molar-refractivity contribution in [2.45, 2.75) is 179 Å². The summed E-state index contributed by atoms with van der Waals surface area (Å²) >= 11 is 0. The Morgan fingerprint density at radius 2 is 0.913 bits per heavy atom. The molecule has 0 aliphatic heterocycles. The van der Waals surface area contributed by atoms with Crippen molar-refractivity contribution in [3.63, 3.8) is 0 Å². The lowest BCUT2D eigenvalue weighted by atomic mass is 9.74. The van der Waals surface area contributed by atoms with Crippen LogP contribution < -0.4 is 0 Å². The predicted molar refractivity (Wildman–Crippen MR) is 184 cm³/mol. The molecule has 4 saturated carbocycles. The van der Waals surface area contributed by atoms with Gasteiger partial charge < -0.3 is 33.9 Å². The van der Waals surface area contributed by atoms with Gasteiger partial charge in [0.25, 0.3) is 0 Å². The van der Waals surface area contributed by atoms with E-state index in [1.165, 1.54) is 89.9 Å². The number of aliphatic hydroxyl groups is 2. The Morgan fingerprint density at radius 3 is 1.43 bits per heavy atom. The minimum Gasteiger partial charge on any atom is -0.393 e. The van der Waals surface area contributed by atoms with Gasteiger partial charge in [-0.2, -0.15) is 0 Å². The summed E-state index contributed by atoms with van der Waals surface area (Å²) in [6.45, 7) is 7.71. The lowest BCUT2D eigenvalue weighted by Crippen LogP contribution is -2.29. The molecule has 4 aliphatic carbocycles. The van der Waals surface area contributed by atoms with E-state index in [4.69, 9.17) is 23.7 Å². The Kier molecular flexibility index (Phi) is 18.8. The van der Waals surface area contributed by atoms with E-state index in [9.17, 15) is 10.2 Å². The molecule has 0 amide bonds. The lowest BCUT2D eigenvalue weighted by Gasteiger charge is -2.34. The molecule has 0 aromatic carbocycles. The average Bonchev–Trinajstić information content (AvgIpc) is 3.06. The monoisotopic (exact) mass is 653 g/mol. The van der Waals surface area contributed by atoms with Crippen LogP contribution in [-0.2, 0) is 23.7 Å². The molecule has 4 fully saturated rings. The summed E-state index contributed by atoms with van der Waals surface area (Å²) in [5, 5.41) is 19.5. The highest BCUT2D eigenvalue weighted by Crippen LogP contribution is 2.39. The van der Waals surface area contributed by atoms with Crippen LogP contribution in [0.25, 0.3) is 0 Å². The minimum atomic E-state index is -0.191. The second-order valence-electron chi connectivity index (χ2n) is 15.8. The molecular weight excluding hydrogens is 580 g/mol. The lowest BCUT2D eigenvalue weighted by molar-refractivity contribution is -0.174. The van der Waals surface area contributed by atoms with Gasteiger partial charge in [-0.25, -0.2) is 0 Å². The van der Waals surface area contributed by atoms with E-state index >= 15 is 0 Å². The third kappa shape index (κ3) is 16.0. The van der Waals surface area contributed by atoms with E-state index in [1.807, 2.05) is 6.92 Å². The minimum absolute atomic E-state index is 0.0212. The smallest absolute Gasteiger partial charge is 0.155 e. The van der Waals surface area contributed by atoms with Gasteiger partial charge in [-0.05, 0) is 140 Å². The third-order valence-corrected chi connectivity index (χ3v) is 11.9. The fourth-order valence-electron chi connectivity index (χ4n) is 8.95. The van der Waals surface area contributed by atoms with E-state index < -0.39 is 0 Å². The summed E-state index contributed by atoms with van der Waals surface area (Å²) in [4.78, 5) is 0. The Labute approximate surface area is 282 Å². The Hall–Kier alpha value is -0.280. The molecule has 4 aliphatic rings. The number of rotatable bonds is 21. The van der Waals surface area contributed by atoms with Gasteiger partial charge in [-0.3, -0.25) is 0 Å². The maximum atomic E-state index is 9.75. The second-order valence-corrected chi connectivity index (χ2v) is 15.8. The molecule has 0 radical (unpaired) electrons. The van der Waals surface area contributed by atoms with Crippen molar-refractivity contribution in [1.82, 2.24) is 0 Å². The van der Waals surface area contributed by atoms with Crippen LogP contribution in [0.4, 0.5) is 0 Å². The van der Waals surface area contributed by atoms with Crippen molar-refractivity contribution < 1.29 is 33.9 Å². The van der Waals surface area contributed by atoms with Crippen LogP contribution in [0.1, 0.15) is 149 Å². The molecule has 46 heavy (non-hydrogen) atoms. The zero-order valence-corrected chi connectivity index (χ0v) is 29.8. The van der Waals surface area contributed by atoms with Crippen LogP contribution in [-0.4, -0.2) is 80.6 Å². The van der Waals surface area contributed by atoms with Gasteiger partial charge in [-0.15, -0.1) is 0 Å². The first-order valence-electron chi connectivity index (χ1n) is 19.8. The Morgan fingerprint density at radius 1 is 0.500 bits per heavy atom. The predicted octanol–water partition coefficient (Wildman–Crippen LogP) is 8.22. The van der Waals surface area contributed by atoms with Crippen LogP contribution in [0.5, 0.6) is 0 Å². The zero-order valence-electron chi connectivity index (χ0n) is 29.8. The van der Waals surface area contributed by atoms with Crippen molar-refractivity contribution in [3.8, 4) is 0 Å². The van der Waals surface area contributed by atoms with Gasteiger partial charge in [0.05, 0.1) is 64.1 Å². The molecule has 4 rings (SSSR count). The topological polar surface area (TPSA) is 86.6 Å². The van der Waals surface area contributed by atoms with Gasteiger partial charge in [0.15, 0.2) is 6.29 Å². The summed E-state index contributed by atoms with van der Waals surface area (Å²) in [6, 6.07) is 0. The molecule has 270 valence electrons. The summed E-state index contributed by atoms with van der Waals surface area (Å²) in [7, 11) is 0.